The maximum atomic E-state index is 13.2. The van der Waals surface area contributed by atoms with Gasteiger partial charge in [-0.1, -0.05) is 35.9 Å². The highest BCUT2D eigenvalue weighted by Gasteiger charge is 2.16. The van der Waals surface area contributed by atoms with Crippen LogP contribution in [0.15, 0.2) is 82.5 Å². The number of esters is 1. The van der Waals surface area contributed by atoms with Gasteiger partial charge >= 0.3 is 17.3 Å². The molecular formula is C25H23N5O5. The third-order valence-corrected chi connectivity index (χ3v) is 5.10. The summed E-state index contributed by atoms with van der Waals surface area (Å²) < 4.78 is 12.3. The highest BCUT2D eigenvalue weighted by atomic mass is 16.5. The molecule has 2 aromatic carbocycles. The summed E-state index contributed by atoms with van der Waals surface area (Å²) >= 11 is 0. The van der Waals surface area contributed by atoms with Crippen molar-refractivity contribution in [2.75, 3.05) is 12.4 Å². The van der Waals surface area contributed by atoms with Crippen molar-refractivity contribution in [2.24, 2.45) is 0 Å². The fourth-order valence-corrected chi connectivity index (χ4v) is 3.24. The molecule has 4 aromatic rings. The van der Waals surface area contributed by atoms with Crippen LogP contribution in [0.3, 0.4) is 0 Å². The number of pyridine rings is 1. The Morgan fingerprint density at radius 3 is 2.37 bits per heavy atom. The average Bonchev–Trinajstić information content (AvgIpc) is 2.87. The normalized spacial score (nSPS) is 10.6. The summed E-state index contributed by atoms with van der Waals surface area (Å²) in [5.74, 6) is 0.334. The molecule has 1 N–H and O–H groups in total. The minimum Gasteiger partial charge on any atom is -0.468 e. The predicted molar refractivity (Wildman–Crippen MR) is 129 cm³/mol. The average molecular weight is 473 g/mol. The highest BCUT2D eigenvalue weighted by Crippen LogP contribution is 2.22. The minimum absolute atomic E-state index is 0.0417. The first-order chi connectivity index (χ1) is 16.9. The fraction of sp³-hybridized carbons (Fsp3) is 0.160. The number of nitrogens with one attached hydrogen (secondary N) is 1. The summed E-state index contributed by atoms with van der Waals surface area (Å²) in [4.78, 5) is 45.7. The van der Waals surface area contributed by atoms with E-state index in [0.29, 0.717) is 17.3 Å². The molecule has 0 aliphatic carbocycles. The molecule has 2 aromatic heterocycles. The van der Waals surface area contributed by atoms with Crippen LogP contribution in [-0.2, 0) is 22.6 Å². The zero-order valence-electron chi connectivity index (χ0n) is 19.2. The monoisotopic (exact) mass is 473 g/mol. The number of benzene rings is 2. The molecule has 0 fully saturated rings. The number of ether oxygens (including phenoxy) is 2. The van der Waals surface area contributed by atoms with E-state index >= 15 is 0 Å². The van der Waals surface area contributed by atoms with E-state index in [-0.39, 0.29) is 12.5 Å². The van der Waals surface area contributed by atoms with Crippen molar-refractivity contribution in [1.29, 1.82) is 0 Å². The summed E-state index contributed by atoms with van der Waals surface area (Å²) in [5, 5.41) is 3.02. The largest absolute Gasteiger partial charge is 0.468 e. The first kappa shape index (κ1) is 23.4. The molecule has 4 rings (SSSR count). The second-order valence-corrected chi connectivity index (χ2v) is 7.65. The SMILES string of the molecule is COC(=O)Cn1c(=O)nc(Nc2ccc(Oc3ccccn3)cc2)n(Cc2ccc(C)cc2)c1=O. The van der Waals surface area contributed by atoms with Crippen LogP contribution in [0.4, 0.5) is 11.6 Å². The van der Waals surface area contributed by atoms with Gasteiger partial charge in [0.25, 0.3) is 0 Å². The molecule has 0 radical (unpaired) electrons. The Kier molecular flexibility index (Phi) is 7.01. The van der Waals surface area contributed by atoms with Gasteiger partial charge in [0.2, 0.25) is 11.8 Å². The van der Waals surface area contributed by atoms with E-state index in [1.54, 1.807) is 42.6 Å². The number of nitrogens with zero attached hydrogens (tertiary/aromatic N) is 4. The van der Waals surface area contributed by atoms with Gasteiger partial charge in [0.15, 0.2) is 0 Å². The van der Waals surface area contributed by atoms with E-state index in [1.165, 1.54) is 11.7 Å². The molecule has 0 saturated heterocycles. The summed E-state index contributed by atoms with van der Waals surface area (Å²) in [7, 11) is 1.18. The molecule has 2 heterocycles. The molecule has 0 unspecified atom stereocenters. The third-order valence-electron chi connectivity index (χ3n) is 5.10. The maximum absolute atomic E-state index is 13.2. The van der Waals surface area contributed by atoms with Gasteiger partial charge < -0.3 is 14.8 Å². The smallest absolute Gasteiger partial charge is 0.355 e. The van der Waals surface area contributed by atoms with Gasteiger partial charge in [-0.2, -0.15) is 4.98 Å². The molecule has 0 spiro atoms. The van der Waals surface area contributed by atoms with Gasteiger partial charge in [-0.15, -0.1) is 0 Å². The second-order valence-electron chi connectivity index (χ2n) is 7.65. The highest BCUT2D eigenvalue weighted by molar-refractivity contribution is 5.68. The zero-order chi connectivity index (χ0) is 24.8. The lowest BCUT2D eigenvalue weighted by Crippen LogP contribution is -2.44. The fourth-order valence-electron chi connectivity index (χ4n) is 3.24. The predicted octanol–water partition coefficient (Wildman–Crippen LogP) is 2.87. The van der Waals surface area contributed by atoms with Crippen LogP contribution in [-0.4, -0.2) is 32.2 Å². The number of methoxy groups -OCH3 is 1. The van der Waals surface area contributed by atoms with Crippen LogP contribution >= 0.6 is 0 Å². The molecule has 0 amide bonds. The number of hydrogen-bond donors (Lipinski definition) is 1. The van der Waals surface area contributed by atoms with E-state index in [1.807, 2.05) is 37.3 Å². The van der Waals surface area contributed by atoms with Crippen molar-refractivity contribution in [3.05, 3.63) is 105 Å². The standard InChI is InChI=1S/C25H23N5O5/c1-17-6-8-18(9-7-17)15-29-23(28-24(32)30(25(29)33)16-22(31)34-2)27-19-10-12-20(13-11-19)35-21-5-3-4-14-26-21/h3-14H,15-16H2,1-2H3,(H,27,28,32). The van der Waals surface area contributed by atoms with Gasteiger partial charge in [0, 0.05) is 18.0 Å². The van der Waals surface area contributed by atoms with Crippen LogP contribution in [0.25, 0.3) is 0 Å². The first-order valence-corrected chi connectivity index (χ1v) is 10.7. The molecule has 0 atom stereocenters. The van der Waals surface area contributed by atoms with E-state index in [9.17, 15) is 14.4 Å². The van der Waals surface area contributed by atoms with Gasteiger partial charge in [-0.3, -0.25) is 9.36 Å². The van der Waals surface area contributed by atoms with E-state index in [2.05, 4.69) is 20.0 Å². The molecule has 178 valence electrons. The summed E-state index contributed by atoms with van der Waals surface area (Å²) in [6.45, 7) is 1.56. The maximum Gasteiger partial charge on any atom is 0.355 e. The van der Waals surface area contributed by atoms with Crippen molar-refractivity contribution in [1.82, 2.24) is 19.1 Å². The summed E-state index contributed by atoms with van der Waals surface area (Å²) in [6, 6.07) is 19.8. The Labute approximate surface area is 200 Å². The number of aryl methyl sites for hydroxylation is 1. The van der Waals surface area contributed by atoms with Gasteiger partial charge in [-0.05, 0) is 42.8 Å². The number of anilines is 2. The topological polar surface area (TPSA) is 117 Å². The van der Waals surface area contributed by atoms with Crippen LogP contribution in [0.1, 0.15) is 11.1 Å². The van der Waals surface area contributed by atoms with E-state index < -0.39 is 23.9 Å². The van der Waals surface area contributed by atoms with Crippen molar-refractivity contribution in [2.45, 2.75) is 20.0 Å². The van der Waals surface area contributed by atoms with Crippen molar-refractivity contribution < 1.29 is 14.3 Å². The molecule has 10 heteroatoms. The lowest BCUT2D eigenvalue weighted by molar-refractivity contribution is -0.141. The molecule has 0 bridgehead atoms. The lowest BCUT2D eigenvalue weighted by Gasteiger charge is -2.15. The number of carbonyl (C=O) groups excluding carboxylic acids is 1. The van der Waals surface area contributed by atoms with E-state index in [0.717, 1.165) is 15.7 Å². The van der Waals surface area contributed by atoms with Crippen LogP contribution < -0.4 is 21.4 Å². The Morgan fingerprint density at radius 2 is 1.71 bits per heavy atom. The molecular weight excluding hydrogens is 450 g/mol. The minimum atomic E-state index is -0.863. The van der Waals surface area contributed by atoms with Crippen molar-refractivity contribution in [3.8, 4) is 11.6 Å². The Balaban J connectivity index is 1.66. The summed E-state index contributed by atoms with van der Waals surface area (Å²) in [6.07, 6.45) is 1.63. The number of rotatable bonds is 8. The molecule has 0 aliphatic heterocycles. The van der Waals surface area contributed by atoms with Gasteiger partial charge in [-0.25, -0.2) is 19.1 Å². The quantitative estimate of drug-likeness (QED) is 0.388. The molecule has 0 aliphatic rings. The van der Waals surface area contributed by atoms with Crippen molar-refractivity contribution >= 4 is 17.6 Å². The van der Waals surface area contributed by atoms with Crippen molar-refractivity contribution in [3.63, 3.8) is 0 Å². The number of hydrogen-bond acceptors (Lipinski definition) is 8. The Hall–Kier alpha value is -4.73. The number of aromatic nitrogens is 4. The summed E-state index contributed by atoms with van der Waals surface area (Å²) in [5.41, 5.74) is 0.922. The Bertz CT molecular complexity index is 1430. The number of carbonyl (C=O) groups is 1. The lowest BCUT2D eigenvalue weighted by atomic mass is 10.1. The van der Waals surface area contributed by atoms with E-state index in [4.69, 9.17) is 4.74 Å². The molecule has 10 nitrogen and oxygen atoms in total. The first-order valence-electron chi connectivity index (χ1n) is 10.7. The second kappa shape index (κ2) is 10.5. The van der Waals surface area contributed by atoms with Gasteiger partial charge in [0.1, 0.15) is 12.3 Å². The molecule has 35 heavy (non-hydrogen) atoms. The van der Waals surface area contributed by atoms with Gasteiger partial charge in [0.05, 0.1) is 13.7 Å². The van der Waals surface area contributed by atoms with Crippen LogP contribution in [0, 0.1) is 6.92 Å². The third kappa shape index (κ3) is 5.80. The zero-order valence-corrected chi connectivity index (χ0v) is 19.2. The van der Waals surface area contributed by atoms with Crippen LogP contribution in [0.2, 0.25) is 0 Å². The molecule has 0 saturated carbocycles. The van der Waals surface area contributed by atoms with Crippen LogP contribution in [0.5, 0.6) is 11.6 Å². The Morgan fingerprint density at radius 1 is 0.971 bits per heavy atom.